The first-order valence-electron chi connectivity index (χ1n) is 7.23. The van der Waals surface area contributed by atoms with E-state index in [-0.39, 0.29) is 11.6 Å². The zero-order valence-electron chi connectivity index (χ0n) is 12.8. The Morgan fingerprint density at radius 1 is 1.30 bits per heavy atom. The van der Waals surface area contributed by atoms with E-state index in [0.29, 0.717) is 17.4 Å². The van der Waals surface area contributed by atoms with E-state index in [9.17, 15) is 5.11 Å². The van der Waals surface area contributed by atoms with Gasteiger partial charge >= 0.3 is 0 Å². The molecule has 114 valence electrons. The molecule has 1 fully saturated rings. The highest BCUT2D eigenvalue weighted by Crippen LogP contribution is 2.21. The lowest BCUT2D eigenvalue weighted by atomic mass is 9.92. The Balaban J connectivity index is 1.99. The topological polar surface area (TPSA) is 59.1 Å². The van der Waals surface area contributed by atoms with Crippen LogP contribution in [-0.4, -0.2) is 49.0 Å². The first-order chi connectivity index (χ1) is 9.29. The van der Waals surface area contributed by atoms with Crippen molar-refractivity contribution in [2.45, 2.75) is 58.8 Å². The largest absolute Gasteiger partial charge is 0.393 e. The zero-order chi connectivity index (χ0) is 14.9. The molecule has 0 aliphatic carbocycles. The number of aliphatic hydroxyl groups is 1. The van der Waals surface area contributed by atoms with Crippen molar-refractivity contribution in [3.8, 4) is 0 Å². The number of hydrogen-bond donors (Lipinski definition) is 1. The first kappa shape index (κ1) is 15.6. The number of likely N-dealkylation sites (tertiary alicyclic amines) is 1. The van der Waals surface area contributed by atoms with Gasteiger partial charge in [0.1, 0.15) is 0 Å². The maximum absolute atomic E-state index is 9.62. The van der Waals surface area contributed by atoms with Crippen molar-refractivity contribution in [2.75, 3.05) is 13.1 Å². The third-order valence-electron chi connectivity index (χ3n) is 3.92. The minimum Gasteiger partial charge on any atom is -0.393 e. The highest BCUT2D eigenvalue weighted by Gasteiger charge is 2.24. The predicted octanol–water partition coefficient (Wildman–Crippen LogP) is 1.61. The van der Waals surface area contributed by atoms with Gasteiger partial charge in [-0.1, -0.05) is 0 Å². The molecule has 1 saturated heterocycles. The van der Waals surface area contributed by atoms with E-state index in [4.69, 9.17) is 12.2 Å². The standard InChI is InChI=1S/C13H25N5OS/c1-10(19)11-5-7-16(8-6-11)9-17-12(20)18(15-14-17)13(2,3)4/h10-11,19H,5-9H2,1-4H3. The highest BCUT2D eigenvalue weighted by atomic mass is 32.1. The molecule has 1 aliphatic heterocycles. The fourth-order valence-electron chi connectivity index (χ4n) is 2.55. The van der Waals surface area contributed by atoms with E-state index in [1.807, 2.05) is 6.92 Å². The van der Waals surface area contributed by atoms with Crippen LogP contribution in [0.4, 0.5) is 0 Å². The number of hydrogen-bond acceptors (Lipinski definition) is 5. The lowest BCUT2D eigenvalue weighted by Crippen LogP contribution is -2.38. The molecule has 1 unspecified atom stereocenters. The van der Waals surface area contributed by atoms with Crippen LogP contribution in [0.15, 0.2) is 0 Å². The van der Waals surface area contributed by atoms with Gasteiger partial charge in [0, 0.05) is 13.1 Å². The molecule has 0 aromatic carbocycles. The summed E-state index contributed by atoms with van der Waals surface area (Å²) in [5, 5.41) is 17.9. The maximum atomic E-state index is 9.62. The van der Waals surface area contributed by atoms with Crippen molar-refractivity contribution >= 4 is 12.2 Å². The summed E-state index contributed by atoms with van der Waals surface area (Å²) in [6, 6.07) is 0. The molecule has 1 aromatic heterocycles. The van der Waals surface area contributed by atoms with Gasteiger partial charge in [0.05, 0.1) is 18.3 Å². The van der Waals surface area contributed by atoms with Crippen molar-refractivity contribution in [2.24, 2.45) is 5.92 Å². The van der Waals surface area contributed by atoms with Gasteiger partial charge in [-0.3, -0.25) is 4.90 Å². The molecule has 0 radical (unpaired) electrons. The Kier molecular flexibility index (Phi) is 4.61. The molecule has 0 spiro atoms. The highest BCUT2D eigenvalue weighted by molar-refractivity contribution is 7.71. The molecule has 7 heteroatoms. The van der Waals surface area contributed by atoms with Crippen LogP contribution in [0.1, 0.15) is 40.5 Å². The van der Waals surface area contributed by atoms with Gasteiger partial charge in [-0.05, 0) is 69.1 Å². The predicted molar refractivity (Wildman–Crippen MR) is 79.8 cm³/mol. The second-order valence-electron chi connectivity index (χ2n) is 6.68. The number of rotatable bonds is 3. The molecular formula is C13H25N5OS. The molecule has 6 nitrogen and oxygen atoms in total. The Hall–Kier alpha value is -0.790. The van der Waals surface area contributed by atoms with Gasteiger partial charge < -0.3 is 5.11 Å². The van der Waals surface area contributed by atoms with Crippen molar-refractivity contribution in [3.63, 3.8) is 0 Å². The smallest absolute Gasteiger partial charge is 0.217 e. The Morgan fingerprint density at radius 3 is 2.35 bits per heavy atom. The molecule has 1 aromatic rings. The first-order valence-corrected chi connectivity index (χ1v) is 7.63. The summed E-state index contributed by atoms with van der Waals surface area (Å²) in [6.45, 7) is 10.7. The van der Waals surface area contributed by atoms with Gasteiger partial charge in [0.25, 0.3) is 0 Å². The Morgan fingerprint density at radius 2 is 1.90 bits per heavy atom. The third-order valence-corrected chi connectivity index (χ3v) is 4.31. The fourth-order valence-corrected chi connectivity index (χ4v) is 2.95. The van der Waals surface area contributed by atoms with Crippen LogP contribution in [0.5, 0.6) is 0 Å². The van der Waals surface area contributed by atoms with Crippen LogP contribution in [0.25, 0.3) is 0 Å². The fraction of sp³-hybridized carbons (Fsp3) is 0.923. The average molecular weight is 299 g/mol. The molecule has 2 rings (SSSR count). The van der Waals surface area contributed by atoms with Crippen LogP contribution in [-0.2, 0) is 12.2 Å². The molecule has 1 atom stereocenters. The number of piperidine rings is 1. The second-order valence-corrected chi connectivity index (χ2v) is 7.05. The van der Waals surface area contributed by atoms with E-state index in [1.165, 1.54) is 0 Å². The molecular weight excluding hydrogens is 274 g/mol. The van der Waals surface area contributed by atoms with Crippen LogP contribution in [0.2, 0.25) is 0 Å². The summed E-state index contributed by atoms with van der Waals surface area (Å²) >= 11 is 5.44. The lowest BCUT2D eigenvalue weighted by molar-refractivity contribution is 0.0589. The van der Waals surface area contributed by atoms with Gasteiger partial charge in [-0.25, -0.2) is 9.36 Å². The van der Waals surface area contributed by atoms with Crippen molar-refractivity contribution in [1.82, 2.24) is 24.7 Å². The summed E-state index contributed by atoms with van der Waals surface area (Å²) in [7, 11) is 0. The molecule has 1 N–H and O–H groups in total. The Bertz CT molecular complexity index is 494. The van der Waals surface area contributed by atoms with Crippen LogP contribution < -0.4 is 0 Å². The van der Waals surface area contributed by atoms with Crippen molar-refractivity contribution in [3.05, 3.63) is 4.77 Å². The lowest BCUT2D eigenvalue weighted by Gasteiger charge is -2.32. The summed E-state index contributed by atoms with van der Waals surface area (Å²) < 4.78 is 4.23. The number of nitrogens with zero attached hydrogens (tertiary/aromatic N) is 5. The molecule has 1 aliphatic rings. The van der Waals surface area contributed by atoms with Crippen LogP contribution in [0, 0.1) is 10.7 Å². The molecule has 2 heterocycles. The summed E-state index contributed by atoms with van der Waals surface area (Å²) in [5.41, 5.74) is -0.144. The monoisotopic (exact) mass is 299 g/mol. The molecule has 0 bridgehead atoms. The van der Waals surface area contributed by atoms with Crippen molar-refractivity contribution in [1.29, 1.82) is 0 Å². The summed E-state index contributed by atoms with van der Waals surface area (Å²) in [4.78, 5) is 2.32. The zero-order valence-corrected chi connectivity index (χ0v) is 13.6. The number of aliphatic hydroxyl groups excluding tert-OH is 1. The quantitative estimate of drug-likeness (QED) is 0.859. The normalized spacial score (nSPS) is 20.2. The minimum atomic E-state index is -0.207. The van der Waals surface area contributed by atoms with Gasteiger partial charge in [0.15, 0.2) is 0 Å². The van der Waals surface area contributed by atoms with E-state index < -0.39 is 0 Å². The van der Waals surface area contributed by atoms with Gasteiger partial charge in [-0.15, -0.1) is 0 Å². The van der Waals surface area contributed by atoms with E-state index in [2.05, 4.69) is 36.1 Å². The number of tetrazole rings is 1. The third kappa shape index (κ3) is 3.45. The minimum absolute atomic E-state index is 0.144. The SMILES string of the molecule is CC(O)C1CCN(Cn2nnn(C(C)(C)C)c2=S)CC1. The molecule has 0 saturated carbocycles. The van der Waals surface area contributed by atoms with Crippen molar-refractivity contribution < 1.29 is 5.11 Å². The van der Waals surface area contributed by atoms with Crippen LogP contribution in [0.3, 0.4) is 0 Å². The van der Waals surface area contributed by atoms with E-state index in [0.717, 1.165) is 25.9 Å². The Labute approximate surface area is 125 Å². The van der Waals surface area contributed by atoms with E-state index in [1.54, 1.807) is 9.36 Å². The van der Waals surface area contributed by atoms with Gasteiger partial charge in [-0.2, -0.15) is 0 Å². The van der Waals surface area contributed by atoms with Crippen LogP contribution >= 0.6 is 12.2 Å². The summed E-state index contributed by atoms with van der Waals surface area (Å²) in [6.07, 6.45) is 1.85. The molecule has 0 amide bonds. The van der Waals surface area contributed by atoms with Gasteiger partial charge in [0.2, 0.25) is 4.77 Å². The van der Waals surface area contributed by atoms with E-state index >= 15 is 0 Å². The second kappa shape index (κ2) is 5.91. The number of aromatic nitrogens is 4. The maximum Gasteiger partial charge on any atom is 0.217 e. The molecule has 20 heavy (non-hydrogen) atoms. The summed E-state index contributed by atoms with van der Waals surface area (Å²) in [5.74, 6) is 0.421. The average Bonchev–Trinajstić information content (AvgIpc) is 2.71.